The molecule has 6 rings (SSSR count). The number of rotatable bonds is 9. The highest BCUT2D eigenvalue weighted by Gasteiger charge is 2.29. The molecule has 0 radical (unpaired) electrons. The van der Waals surface area contributed by atoms with Gasteiger partial charge in [0, 0.05) is 46.8 Å². The summed E-state index contributed by atoms with van der Waals surface area (Å²) < 4.78 is 0. The highest BCUT2D eigenvalue weighted by Crippen LogP contribution is 2.54. The van der Waals surface area contributed by atoms with Crippen molar-refractivity contribution >= 4 is 17.5 Å². The van der Waals surface area contributed by atoms with Gasteiger partial charge in [-0.2, -0.15) is 0 Å². The summed E-state index contributed by atoms with van der Waals surface area (Å²) in [5.74, 6) is 0. The summed E-state index contributed by atoms with van der Waals surface area (Å²) in [4.78, 5) is 8.56. The Morgan fingerprint density at radius 1 is 0.458 bits per heavy atom. The van der Waals surface area contributed by atoms with Crippen LogP contribution in [0, 0.1) is 0 Å². The Bertz CT molecular complexity index is 1870. The zero-order chi connectivity index (χ0) is 34.0. The summed E-state index contributed by atoms with van der Waals surface area (Å²) in [6.45, 7) is -0.0995. The van der Waals surface area contributed by atoms with Crippen molar-refractivity contribution in [1.82, 2.24) is 0 Å². The number of nitrogens with two attached hydrogens (primary N) is 2. The summed E-state index contributed by atoms with van der Waals surface area (Å²) in [7, 11) is 0. The molecule has 7 heteroatoms. The van der Waals surface area contributed by atoms with E-state index in [4.69, 9.17) is 26.5 Å². The molecule has 48 heavy (non-hydrogen) atoms. The van der Waals surface area contributed by atoms with Crippen molar-refractivity contribution in [2.45, 2.75) is 12.8 Å². The Hall–Kier alpha value is -5.89. The van der Waals surface area contributed by atoms with E-state index in [0.29, 0.717) is 24.2 Å². The van der Waals surface area contributed by atoms with Crippen LogP contribution in [0.1, 0.15) is 11.1 Å². The predicted molar refractivity (Wildman–Crippen MR) is 195 cm³/mol. The van der Waals surface area contributed by atoms with Gasteiger partial charge >= 0.3 is 6.16 Å². The molecule has 242 valence electrons. The summed E-state index contributed by atoms with van der Waals surface area (Å²) in [5, 5.41) is 34.3. The first-order valence-corrected chi connectivity index (χ1v) is 15.6. The van der Waals surface area contributed by atoms with Crippen LogP contribution in [0.25, 0.3) is 55.6 Å². The average molecular weight is 639 g/mol. The molecule has 0 amide bonds. The van der Waals surface area contributed by atoms with E-state index < -0.39 is 6.16 Å². The number of benzene rings is 6. The minimum Gasteiger partial charge on any atom is -0.450 e. The molecule has 0 aliphatic heterocycles. The molecule has 0 saturated heterocycles. The van der Waals surface area contributed by atoms with Crippen LogP contribution in [0.2, 0.25) is 0 Å². The highest BCUT2D eigenvalue weighted by molar-refractivity contribution is 6.14. The van der Waals surface area contributed by atoms with Crippen LogP contribution >= 0.6 is 0 Å². The molecule has 0 aromatic heterocycles. The van der Waals surface area contributed by atoms with Crippen LogP contribution in [-0.4, -0.2) is 39.8 Å². The predicted octanol–water partition coefficient (Wildman–Crippen LogP) is 8.48. The van der Waals surface area contributed by atoms with Crippen LogP contribution in [0.4, 0.5) is 16.2 Å². The third-order valence-corrected chi connectivity index (χ3v) is 8.25. The lowest BCUT2D eigenvalue weighted by molar-refractivity contribution is 0.137. The second-order valence-electron chi connectivity index (χ2n) is 11.1. The highest BCUT2D eigenvalue weighted by atomic mass is 16.6. The molecular formula is C41H38N2O5. The maximum Gasteiger partial charge on any atom is 0.503 e. The smallest absolute Gasteiger partial charge is 0.450 e. The first kappa shape index (κ1) is 33.5. The third kappa shape index (κ3) is 7.08. The Morgan fingerprint density at radius 3 is 1.15 bits per heavy atom. The minimum absolute atomic E-state index is 0.0462. The van der Waals surface area contributed by atoms with Gasteiger partial charge in [0.15, 0.2) is 0 Å². The topological polar surface area (TPSA) is 150 Å². The largest absolute Gasteiger partial charge is 0.503 e. The molecule has 0 saturated carbocycles. The van der Waals surface area contributed by atoms with Crippen LogP contribution in [0.3, 0.4) is 0 Å². The van der Waals surface area contributed by atoms with E-state index in [-0.39, 0.29) is 13.2 Å². The fourth-order valence-corrected chi connectivity index (χ4v) is 6.38. The average Bonchev–Trinajstić information content (AvgIpc) is 3.11. The molecule has 6 aromatic rings. The summed E-state index contributed by atoms with van der Waals surface area (Å²) in [6, 6.07) is 45.3. The molecule has 8 N–H and O–H groups in total. The first-order valence-electron chi connectivity index (χ1n) is 15.6. The first-order chi connectivity index (χ1) is 23.4. The number of nitrogen functional groups attached to an aromatic ring is 2. The van der Waals surface area contributed by atoms with E-state index in [0.717, 1.165) is 66.8 Å². The van der Waals surface area contributed by atoms with Crippen LogP contribution in [0.15, 0.2) is 133 Å². The number of aliphatic hydroxyl groups excluding tert-OH is 2. The Balaban J connectivity index is 0.00000107. The Labute approximate surface area is 280 Å². The molecular weight excluding hydrogens is 600 g/mol. The number of carboxylic acid groups (broad SMARTS) is 2. The van der Waals surface area contributed by atoms with Crippen molar-refractivity contribution in [1.29, 1.82) is 0 Å². The quantitative estimate of drug-likeness (QED) is 0.0870. The number of hydrogen-bond acceptors (Lipinski definition) is 5. The van der Waals surface area contributed by atoms with Crippen LogP contribution < -0.4 is 11.5 Å². The van der Waals surface area contributed by atoms with Crippen molar-refractivity contribution in [2.24, 2.45) is 0 Å². The Kier molecular flexibility index (Phi) is 10.9. The van der Waals surface area contributed by atoms with Crippen LogP contribution in [-0.2, 0) is 12.8 Å². The Morgan fingerprint density at radius 2 is 0.792 bits per heavy atom. The van der Waals surface area contributed by atoms with Crippen LogP contribution in [0.5, 0.6) is 0 Å². The molecule has 0 bridgehead atoms. The number of anilines is 2. The monoisotopic (exact) mass is 638 g/mol. The lowest BCUT2D eigenvalue weighted by Gasteiger charge is -2.28. The van der Waals surface area contributed by atoms with E-state index in [9.17, 15) is 10.2 Å². The second-order valence-corrected chi connectivity index (χ2v) is 11.1. The van der Waals surface area contributed by atoms with Crippen molar-refractivity contribution in [3.8, 4) is 55.6 Å². The van der Waals surface area contributed by atoms with Crippen molar-refractivity contribution in [3.05, 3.63) is 145 Å². The lowest BCUT2D eigenvalue weighted by atomic mass is 9.76. The van der Waals surface area contributed by atoms with Gasteiger partial charge < -0.3 is 31.9 Å². The van der Waals surface area contributed by atoms with Gasteiger partial charge in [-0.05, 0) is 63.4 Å². The maximum atomic E-state index is 10.3. The van der Waals surface area contributed by atoms with Gasteiger partial charge in [-0.3, -0.25) is 0 Å². The van der Waals surface area contributed by atoms with Crippen molar-refractivity contribution < 1.29 is 25.2 Å². The van der Waals surface area contributed by atoms with E-state index in [2.05, 4.69) is 54.6 Å². The number of carbonyl (C=O) groups is 1. The fourth-order valence-electron chi connectivity index (χ4n) is 6.38. The molecule has 0 aliphatic carbocycles. The maximum absolute atomic E-state index is 10.3. The van der Waals surface area contributed by atoms with Gasteiger partial charge in [0.05, 0.1) is 0 Å². The van der Waals surface area contributed by atoms with Gasteiger partial charge in [-0.15, -0.1) is 0 Å². The summed E-state index contributed by atoms with van der Waals surface area (Å²) >= 11 is 0. The van der Waals surface area contributed by atoms with Gasteiger partial charge in [-0.25, -0.2) is 4.79 Å². The zero-order valence-electron chi connectivity index (χ0n) is 26.4. The molecule has 0 fully saturated rings. The second kappa shape index (κ2) is 15.6. The fraction of sp³-hybridized carbons (Fsp3) is 0.0976. The SMILES string of the molecule is Nc1ccc(-c2c(-c3ccccc3)c(-c3ccccc3)c(N)c(-c3ccccc3)c2-c2ccccc2)c(CCO)c1CCO.O=C(O)O. The summed E-state index contributed by atoms with van der Waals surface area (Å²) in [6.07, 6.45) is -1.05. The standard InChI is InChI=1S/C40H36N2O2.CH2O3/c41-34-22-21-33(31(23-25-43)32(34)24-26-44)39-35(27-13-5-1-6-14-27)37(29-17-9-3-10-18-29)40(42)38(30-19-11-4-12-20-30)36(39)28-15-7-2-8-16-28;2-1(3)4/h1-22,43-44H,23-26,41-42H2;(H2,2,3,4). The molecule has 7 nitrogen and oxygen atoms in total. The van der Waals surface area contributed by atoms with Gasteiger partial charge in [0.1, 0.15) is 0 Å². The van der Waals surface area contributed by atoms with Crippen molar-refractivity contribution in [2.75, 3.05) is 24.7 Å². The molecule has 0 atom stereocenters. The summed E-state index contributed by atoms with van der Waals surface area (Å²) in [5.41, 5.74) is 27.0. The number of hydrogen-bond donors (Lipinski definition) is 6. The molecule has 0 aliphatic rings. The molecule has 0 heterocycles. The van der Waals surface area contributed by atoms with E-state index in [1.807, 2.05) is 78.9 Å². The van der Waals surface area contributed by atoms with E-state index in [1.54, 1.807) is 0 Å². The van der Waals surface area contributed by atoms with Gasteiger partial charge in [0.2, 0.25) is 0 Å². The minimum atomic E-state index is -1.83. The number of aliphatic hydroxyl groups is 2. The van der Waals surface area contributed by atoms with Crippen molar-refractivity contribution in [3.63, 3.8) is 0 Å². The van der Waals surface area contributed by atoms with Gasteiger partial charge in [0.25, 0.3) is 0 Å². The zero-order valence-corrected chi connectivity index (χ0v) is 26.4. The lowest BCUT2D eigenvalue weighted by Crippen LogP contribution is -2.09. The van der Waals surface area contributed by atoms with Gasteiger partial charge in [-0.1, -0.05) is 127 Å². The molecule has 0 unspecified atom stereocenters. The van der Waals surface area contributed by atoms with E-state index >= 15 is 0 Å². The van der Waals surface area contributed by atoms with E-state index in [1.165, 1.54) is 0 Å². The normalized spacial score (nSPS) is 10.6. The molecule has 0 spiro atoms. The third-order valence-electron chi connectivity index (χ3n) is 8.25. The molecule has 6 aromatic carbocycles.